The van der Waals surface area contributed by atoms with Gasteiger partial charge in [-0.25, -0.2) is 9.59 Å². The quantitative estimate of drug-likeness (QED) is 0.0441. The Morgan fingerprint density at radius 1 is 0.540 bits per heavy atom. The number of carbonyl (C=O) groups excluding carboxylic acids is 2. The summed E-state index contributed by atoms with van der Waals surface area (Å²) in [4.78, 5) is 27.5. The Hall–Kier alpha value is -0.0249. The zero-order valence-corrected chi connectivity index (χ0v) is 43.5. The molecule has 19 heteroatoms. The van der Waals surface area contributed by atoms with Crippen molar-refractivity contribution in [1.29, 1.82) is 0 Å². The Labute approximate surface area is 315 Å². The predicted octanol–water partition coefficient (Wildman–Crippen LogP) is 8.88. The second kappa shape index (κ2) is 19.5. The molecule has 0 bridgehead atoms. The SMILES string of the molecule is C=C(C)C(=O)OCCNC(=O)N(CCC[Si](O[Si](C)(C)C)(O[Si](C)(C)C)O[Si](C)(C)C)CCC[Si](O[Si](C)(C)C)(O[Si](C)(C)C)O[Si](C)(C)C. The Balaban J connectivity index is 6.42. The number of nitrogens with zero attached hydrogens (tertiary/aromatic N) is 1. The van der Waals surface area contributed by atoms with Crippen LogP contribution in [0.4, 0.5) is 4.79 Å². The molecule has 0 spiro atoms. The van der Waals surface area contributed by atoms with Gasteiger partial charge < -0.3 is 39.6 Å². The second-order valence-electron chi connectivity index (χ2n) is 19.0. The van der Waals surface area contributed by atoms with Crippen molar-refractivity contribution in [3.05, 3.63) is 12.2 Å². The van der Waals surface area contributed by atoms with Crippen molar-refractivity contribution in [2.24, 2.45) is 0 Å². The molecule has 0 rings (SSSR count). The molecule has 50 heavy (non-hydrogen) atoms. The molecule has 0 saturated heterocycles. The topological polar surface area (TPSA) is 114 Å². The van der Waals surface area contributed by atoms with Crippen LogP contribution in [0.2, 0.25) is 130 Å². The van der Waals surface area contributed by atoms with E-state index in [1.54, 1.807) is 6.92 Å². The number of carbonyl (C=O) groups is 2. The van der Waals surface area contributed by atoms with Gasteiger partial charge in [-0.05, 0) is 138 Å². The van der Waals surface area contributed by atoms with Crippen molar-refractivity contribution in [2.75, 3.05) is 26.2 Å². The van der Waals surface area contributed by atoms with Gasteiger partial charge in [0.1, 0.15) is 6.61 Å². The average molecular weight is 846 g/mol. The molecule has 0 radical (unpaired) electrons. The Morgan fingerprint density at radius 2 is 0.820 bits per heavy atom. The van der Waals surface area contributed by atoms with Crippen LogP contribution >= 0.6 is 0 Å². The summed E-state index contributed by atoms with van der Waals surface area (Å²) in [6, 6.07) is 1.03. The fourth-order valence-electron chi connectivity index (χ4n) is 5.05. The van der Waals surface area contributed by atoms with Crippen LogP contribution in [0, 0.1) is 0 Å². The summed E-state index contributed by atoms with van der Waals surface area (Å²) in [6.07, 6.45) is 1.32. The maximum Gasteiger partial charge on any atom is 0.469 e. The Morgan fingerprint density at radius 3 is 1.06 bits per heavy atom. The first-order chi connectivity index (χ1) is 22.1. The van der Waals surface area contributed by atoms with Crippen molar-refractivity contribution in [2.45, 2.75) is 150 Å². The van der Waals surface area contributed by atoms with Crippen LogP contribution in [0.1, 0.15) is 19.8 Å². The maximum absolute atomic E-state index is 13.7. The Bertz CT molecular complexity index is 947. The lowest BCUT2D eigenvalue weighted by Gasteiger charge is -2.43. The lowest BCUT2D eigenvalue weighted by atomic mass is 10.3. The molecule has 0 aliphatic heterocycles. The highest BCUT2D eigenvalue weighted by Gasteiger charge is 2.51. The molecule has 11 nitrogen and oxygen atoms in total. The van der Waals surface area contributed by atoms with E-state index in [4.69, 9.17) is 29.4 Å². The van der Waals surface area contributed by atoms with Crippen LogP contribution in [0.3, 0.4) is 0 Å². The normalized spacial score (nSPS) is 14.1. The zero-order chi connectivity index (χ0) is 39.6. The molecule has 0 aliphatic carbocycles. The molecule has 1 N–H and O–H groups in total. The molecule has 0 aromatic rings. The summed E-state index contributed by atoms with van der Waals surface area (Å²) in [5.41, 5.74) is 0.321. The molecule has 0 aromatic carbocycles. The zero-order valence-electron chi connectivity index (χ0n) is 35.5. The third-order valence-corrected chi connectivity index (χ3v) is 29.9. The van der Waals surface area contributed by atoms with E-state index in [0.717, 1.165) is 0 Å². The fourth-order valence-corrected chi connectivity index (χ4v) is 34.3. The molecule has 0 aromatic heterocycles. The van der Waals surface area contributed by atoms with Crippen molar-refractivity contribution >= 4 is 79.5 Å². The van der Waals surface area contributed by atoms with Crippen molar-refractivity contribution in [3.63, 3.8) is 0 Å². The number of esters is 1. The molecule has 0 saturated carbocycles. The summed E-state index contributed by atoms with van der Waals surface area (Å²) in [6.45, 7) is 45.7. The summed E-state index contributed by atoms with van der Waals surface area (Å²) in [7, 11) is -18.4. The number of nitrogens with one attached hydrogen (secondary N) is 1. The van der Waals surface area contributed by atoms with E-state index in [1.807, 2.05) is 4.90 Å². The minimum atomic E-state index is -3.08. The largest absolute Gasteiger partial charge is 0.469 e. The highest BCUT2D eigenvalue weighted by Crippen LogP contribution is 2.32. The van der Waals surface area contributed by atoms with E-state index in [-0.39, 0.29) is 19.2 Å². The summed E-state index contributed by atoms with van der Waals surface area (Å²) in [5.74, 6) is -0.474. The molecule has 0 heterocycles. The van der Waals surface area contributed by atoms with Crippen molar-refractivity contribution in [1.82, 2.24) is 10.2 Å². The highest BCUT2D eigenvalue weighted by molar-refractivity contribution is 6.91. The first-order valence-electron chi connectivity index (χ1n) is 18.1. The van der Waals surface area contributed by atoms with E-state index in [1.165, 1.54) is 0 Å². The Kier molecular flexibility index (Phi) is 19.5. The number of hydrogen-bond acceptors (Lipinski definition) is 9. The number of hydrogen-bond donors (Lipinski definition) is 1. The summed E-state index contributed by atoms with van der Waals surface area (Å²) in [5, 5.41) is 2.96. The molecule has 296 valence electrons. The van der Waals surface area contributed by atoms with Gasteiger partial charge in [0.15, 0.2) is 49.9 Å². The molecule has 0 atom stereocenters. The third-order valence-electron chi connectivity index (χ3n) is 5.84. The maximum atomic E-state index is 13.7. The number of ether oxygens (including phenoxy) is 1. The van der Waals surface area contributed by atoms with Crippen LogP contribution in [0.5, 0.6) is 0 Å². The lowest BCUT2D eigenvalue weighted by molar-refractivity contribution is -0.138. The number of amides is 2. The monoisotopic (exact) mass is 844 g/mol. The smallest absolute Gasteiger partial charge is 0.460 e. The first-order valence-corrected chi connectivity index (χ1v) is 42.4. The molecule has 0 unspecified atom stereocenters. The van der Waals surface area contributed by atoms with Gasteiger partial charge in [0.25, 0.3) is 0 Å². The standard InChI is InChI=1S/C31H76N2O9Si8/c1-29(2)30(34)36-26-23-32-31(35)33(24-21-27-49(37-43(3,4)5,38-44(6,7)8)39-45(9,10)11)25-22-28-50(40-46(12,13)14,41-47(15,16)17)42-48(18,19)20/h1,21-28H2,2-20H3,(H,32,35). The van der Waals surface area contributed by atoms with Gasteiger partial charge in [-0.1, -0.05) is 6.58 Å². The van der Waals surface area contributed by atoms with Crippen LogP contribution < -0.4 is 5.32 Å². The third kappa shape index (κ3) is 25.1. The van der Waals surface area contributed by atoms with Gasteiger partial charge >= 0.3 is 29.6 Å². The van der Waals surface area contributed by atoms with E-state index in [9.17, 15) is 9.59 Å². The fraction of sp³-hybridized carbons (Fsp3) is 0.871. The molecule has 0 aliphatic rings. The summed E-state index contributed by atoms with van der Waals surface area (Å²) >= 11 is 0. The molecule has 0 fully saturated rings. The first kappa shape index (κ1) is 50.0. The second-order valence-corrected chi connectivity index (χ2v) is 53.0. The van der Waals surface area contributed by atoms with Crippen LogP contribution in [-0.4, -0.2) is 111 Å². The predicted molar refractivity (Wildman–Crippen MR) is 228 cm³/mol. The van der Waals surface area contributed by atoms with Gasteiger partial charge in [0, 0.05) is 30.8 Å². The van der Waals surface area contributed by atoms with Gasteiger partial charge in [-0.15, -0.1) is 0 Å². The van der Waals surface area contributed by atoms with Crippen LogP contribution in [0.25, 0.3) is 0 Å². The molecule has 2 amide bonds. The molecular weight excluding hydrogens is 769 g/mol. The minimum absolute atomic E-state index is 0.0631. The number of rotatable bonds is 24. The van der Waals surface area contributed by atoms with E-state index >= 15 is 0 Å². The lowest BCUT2D eigenvalue weighted by Crippen LogP contribution is -2.60. The van der Waals surface area contributed by atoms with Gasteiger partial charge in [-0.2, -0.15) is 0 Å². The van der Waals surface area contributed by atoms with E-state index in [2.05, 4.69) is 130 Å². The average Bonchev–Trinajstić information content (AvgIpc) is 2.78. The van der Waals surface area contributed by atoms with E-state index in [0.29, 0.717) is 43.6 Å². The van der Waals surface area contributed by atoms with Gasteiger partial charge in [0.2, 0.25) is 0 Å². The van der Waals surface area contributed by atoms with Gasteiger partial charge in [-0.3, -0.25) is 0 Å². The summed E-state index contributed by atoms with van der Waals surface area (Å²) < 4.78 is 46.6. The molecular formula is C31H76N2O9Si8. The van der Waals surface area contributed by atoms with Crippen molar-refractivity contribution in [3.8, 4) is 0 Å². The van der Waals surface area contributed by atoms with Gasteiger partial charge in [0.05, 0.1) is 6.54 Å². The highest BCUT2D eigenvalue weighted by atomic mass is 28.5. The van der Waals surface area contributed by atoms with Crippen LogP contribution in [0.15, 0.2) is 12.2 Å². The van der Waals surface area contributed by atoms with E-state index < -0.39 is 73.5 Å². The van der Waals surface area contributed by atoms with Crippen molar-refractivity contribution < 1.29 is 39.0 Å². The minimum Gasteiger partial charge on any atom is -0.460 e. The van der Waals surface area contributed by atoms with Crippen LogP contribution in [-0.2, 0) is 34.2 Å². The number of urea groups is 1.